The van der Waals surface area contributed by atoms with Crippen molar-refractivity contribution in [2.45, 2.75) is 20.0 Å². The van der Waals surface area contributed by atoms with Gasteiger partial charge in [0.05, 0.1) is 18.8 Å². The number of carbonyl (C=O) groups excluding carboxylic acids is 1. The highest BCUT2D eigenvalue weighted by molar-refractivity contribution is 6.31. The van der Waals surface area contributed by atoms with Gasteiger partial charge in [0.15, 0.2) is 0 Å². The smallest absolute Gasteiger partial charge is 0.338 e. The molecule has 0 saturated heterocycles. The summed E-state index contributed by atoms with van der Waals surface area (Å²) in [4.78, 5) is 11.3. The minimum absolute atomic E-state index is 0.0361. The first kappa shape index (κ1) is 11.9. The van der Waals surface area contributed by atoms with Crippen molar-refractivity contribution in [3.63, 3.8) is 0 Å². The Labute approximate surface area is 93.9 Å². The van der Waals surface area contributed by atoms with Gasteiger partial charge in [0.25, 0.3) is 0 Å². The molecule has 0 aliphatic rings. The van der Waals surface area contributed by atoms with Gasteiger partial charge in [-0.15, -0.1) is 0 Å². The van der Waals surface area contributed by atoms with Crippen molar-refractivity contribution in [1.29, 1.82) is 0 Å². The van der Waals surface area contributed by atoms with E-state index in [1.807, 2.05) is 13.8 Å². The zero-order chi connectivity index (χ0) is 11.4. The number of hydrogen-bond acceptors (Lipinski definition) is 3. The lowest BCUT2D eigenvalue weighted by Gasteiger charge is -2.10. The summed E-state index contributed by atoms with van der Waals surface area (Å²) in [7, 11) is 1.33. The fourth-order valence-corrected chi connectivity index (χ4v) is 1.36. The summed E-state index contributed by atoms with van der Waals surface area (Å²) in [6, 6.07) is 4.81. The minimum Gasteiger partial charge on any atom is -0.491 e. The van der Waals surface area contributed by atoms with Crippen molar-refractivity contribution >= 4 is 17.6 Å². The van der Waals surface area contributed by atoms with Crippen LogP contribution in [-0.4, -0.2) is 19.2 Å². The highest BCUT2D eigenvalue weighted by atomic mass is 35.5. The normalized spacial score (nSPS) is 10.2. The second-order valence-corrected chi connectivity index (χ2v) is 3.77. The Balaban J connectivity index is 2.99. The van der Waals surface area contributed by atoms with Crippen LogP contribution in [0.5, 0.6) is 5.75 Å². The molecule has 4 heteroatoms. The van der Waals surface area contributed by atoms with Crippen LogP contribution in [0.15, 0.2) is 18.2 Å². The van der Waals surface area contributed by atoms with Crippen molar-refractivity contribution < 1.29 is 14.3 Å². The average molecular weight is 229 g/mol. The summed E-state index contributed by atoms with van der Waals surface area (Å²) in [5, 5.41) is 0.452. The van der Waals surface area contributed by atoms with Gasteiger partial charge in [0.2, 0.25) is 0 Å². The van der Waals surface area contributed by atoms with E-state index >= 15 is 0 Å². The third kappa shape index (κ3) is 3.44. The molecule has 0 spiro atoms. The van der Waals surface area contributed by atoms with Crippen molar-refractivity contribution in [2.24, 2.45) is 0 Å². The molecule has 0 heterocycles. The Kier molecular flexibility index (Phi) is 3.97. The molecule has 0 aliphatic carbocycles. The second kappa shape index (κ2) is 5.03. The maximum atomic E-state index is 11.3. The van der Waals surface area contributed by atoms with Crippen molar-refractivity contribution in [1.82, 2.24) is 0 Å². The lowest BCUT2D eigenvalue weighted by Crippen LogP contribution is -2.07. The van der Waals surface area contributed by atoms with E-state index in [2.05, 4.69) is 4.74 Å². The Morgan fingerprint density at radius 3 is 2.53 bits per heavy atom. The Morgan fingerprint density at radius 2 is 2.00 bits per heavy atom. The molecule has 0 amide bonds. The number of methoxy groups -OCH3 is 1. The number of esters is 1. The standard InChI is InChI=1S/C11H13ClO3/c1-7(2)15-10-5-8(11(13)14-3)4-9(12)6-10/h4-7H,1-3H3. The highest BCUT2D eigenvalue weighted by Crippen LogP contribution is 2.22. The number of rotatable bonds is 3. The van der Waals surface area contributed by atoms with E-state index in [4.69, 9.17) is 16.3 Å². The van der Waals surface area contributed by atoms with Gasteiger partial charge >= 0.3 is 5.97 Å². The number of halogens is 1. The molecule has 82 valence electrons. The lowest BCUT2D eigenvalue weighted by molar-refractivity contribution is 0.0600. The number of hydrogen-bond donors (Lipinski definition) is 0. The van der Waals surface area contributed by atoms with Crippen LogP contribution in [0.25, 0.3) is 0 Å². The summed E-state index contributed by atoms with van der Waals surface area (Å²) >= 11 is 5.85. The monoisotopic (exact) mass is 228 g/mol. The van der Waals surface area contributed by atoms with Crippen LogP contribution in [0.4, 0.5) is 0 Å². The summed E-state index contributed by atoms with van der Waals surface area (Å²) in [6.45, 7) is 3.80. The van der Waals surface area contributed by atoms with E-state index < -0.39 is 5.97 Å². The molecule has 0 aliphatic heterocycles. The van der Waals surface area contributed by atoms with Crippen LogP contribution < -0.4 is 4.74 Å². The first-order valence-corrected chi connectivity index (χ1v) is 4.96. The molecule has 0 unspecified atom stereocenters. The zero-order valence-corrected chi connectivity index (χ0v) is 9.67. The zero-order valence-electron chi connectivity index (χ0n) is 8.91. The molecule has 0 radical (unpaired) electrons. The topological polar surface area (TPSA) is 35.5 Å². The molecule has 3 nitrogen and oxygen atoms in total. The number of benzene rings is 1. The largest absolute Gasteiger partial charge is 0.491 e. The van der Waals surface area contributed by atoms with Crippen LogP contribution >= 0.6 is 11.6 Å². The maximum absolute atomic E-state index is 11.3. The Morgan fingerprint density at radius 1 is 1.33 bits per heavy atom. The summed E-state index contributed by atoms with van der Waals surface area (Å²) in [5.74, 6) is 0.143. The number of carbonyl (C=O) groups is 1. The summed E-state index contributed by atoms with van der Waals surface area (Å²) < 4.78 is 10.0. The van der Waals surface area contributed by atoms with Gasteiger partial charge in [-0.3, -0.25) is 0 Å². The third-order valence-corrected chi connectivity index (χ3v) is 1.88. The van der Waals surface area contributed by atoms with Crippen LogP contribution in [0.2, 0.25) is 5.02 Å². The average Bonchev–Trinajstić information content (AvgIpc) is 2.14. The minimum atomic E-state index is -0.425. The lowest BCUT2D eigenvalue weighted by atomic mass is 10.2. The fraction of sp³-hybridized carbons (Fsp3) is 0.364. The summed E-state index contributed by atoms with van der Waals surface area (Å²) in [6.07, 6.45) is 0.0361. The second-order valence-electron chi connectivity index (χ2n) is 3.33. The van der Waals surface area contributed by atoms with Gasteiger partial charge in [-0.05, 0) is 32.0 Å². The molecule has 1 aromatic rings. The van der Waals surface area contributed by atoms with E-state index in [9.17, 15) is 4.79 Å². The van der Waals surface area contributed by atoms with E-state index in [1.54, 1.807) is 18.2 Å². The molecule has 0 fully saturated rings. The Hall–Kier alpha value is -1.22. The summed E-state index contributed by atoms with van der Waals surface area (Å²) in [5.41, 5.74) is 0.389. The molecule has 15 heavy (non-hydrogen) atoms. The quantitative estimate of drug-likeness (QED) is 0.747. The molecule has 1 rings (SSSR count). The fourth-order valence-electron chi connectivity index (χ4n) is 1.14. The first-order valence-electron chi connectivity index (χ1n) is 4.58. The Bertz CT molecular complexity index is 361. The molecular weight excluding hydrogens is 216 g/mol. The van der Waals surface area contributed by atoms with Crippen LogP contribution in [0, 0.1) is 0 Å². The van der Waals surface area contributed by atoms with Gasteiger partial charge < -0.3 is 9.47 Å². The predicted molar refractivity (Wildman–Crippen MR) is 58.6 cm³/mol. The van der Waals surface area contributed by atoms with Crippen LogP contribution in [0.1, 0.15) is 24.2 Å². The number of ether oxygens (including phenoxy) is 2. The van der Waals surface area contributed by atoms with Gasteiger partial charge in [0, 0.05) is 5.02 Å². The van der Waals surface area contributed by atoms with Crippen molar-refractivity contribution in [2.75, 3.05) is 7.11 Å². The molecule has 0 saturated carbocycles. The van der Waals surface area contributed by atoms with E-state index in [-0.39, 0.29) is 6.10 Å². The van der Waals surface area contributed by atoms with Gasteiger partial charge in [-0.25, -0.2) is 4.79 Å². The molecule has 0 N–H and O–H groups in total. The molecule has 0 aromatic heterocycles. The molecule has 1 aromatic carbocycles. The molecular formula is C11H13ClO3. The third-order valence-electron chi connectivity index (χ3n) is 1.66. The highest BCUT2D eigenvalue weighted by Gasteiger charge is 2.09. The molecule has 0 atom stereocenters. The van der Waals surface area contributed by atoms with E-state index in [0.717, 1.165) is 0 Å². The first-order chi connectivity index (χ1) is 7.02. The molecule has 0 bridgehead atoms. The van der Waals surface area contributed by atoms with Gasteiger partial charge in [-0.2, -0.15) is 0 Å². The van der Waals surface area contributed by atoms with Gasteiger partial charge in [0.1, 0.15) is 5.75 Å². The SMILES string of the molecule is COC(=O)c1cc(Cl)cc(OC(C)C)c1. The van der Waals surface area contributed by atoms with Crippen molar-refractivity contribution in [3.05, 3.63) is 28.8 Å². The van der Waals surface area contributed by atoms with E-state index in [1.165, 1.54) is 7.11 Å². The van der Waals surface area contributed by atoms with Gasteiger partial charge in [-0.1, -0.05) is 11.6 Å². The van der Waals surface area contributed by atoms with E-state index in [0.29, 0.717) is 16.3 Å². The maximum Gasteiger partial charge on any atom is 0.338 e. The van der Waals surface area contributed by atoms with Crippen LogP contribution in [-0.2, 0) is 4.74 Å². The predicted octanol–water partition coefficient (Wildman–Crippen LogP) is 2.91. The van der Waals surface area contributed by atoms with Crippen molar-refractivity contribution in [3.8, 4) is 5.75 Å². The van der Waals surface area contributed by atoms with Crippen LogP contribution in [0.3, 0.4) is 0 Å².